The molecule has 0 radical (unpaired) electrons. The second-order valence-corrected chi connectivity index (χ2v) is 7.15. The van der Waals surface area contributed by atoms with Crippen LogP contribution in [-0.2, 0) is 0 Å². The number of hydrogen-bond donors (Lipinski definition) is 0. The number of rotatable bonds is 6. The molecule has 0 aliphatic carbocycles. The molecule has 0 spiro atoms. The monoisotopic (exact) mass is 389 g/mol. The van der Waals surface area contributed by atoms with Crippen molar-refractivity contribution >= 4 is 22.7 Å². The third-order valence-electron chi connectivity index (χ3n) is 4.97. The van der Waals surface area contributed by atoms with Crippen LogP contribution in [0.4, 0.5) is 11.4 Å². The molecule has 4 rings (SSSR count). The van der Waals surface area contributed by atoms with E-state index in [-0.39, 0.29) is 5.78 Å². The Bertz CT molecular complexity index is 1090. The van der Waals surface area contributed by atoms with Crippen LogP contribution >= 0.6 is 0 Å². The van der Waals surface area contributed by atoms with E-state index >= 15 is 0 Å². The summed E-state index contributed by atoms with van der Waals surface area (Å²) in [4.78, 5) is 15.6. The molecule has 2 heteroatoms. The number of anilines is 2. The lowest BCUT2D eigenvalue weighted by Crippen LogP contribution is -2.13. The number of para-hydroxylation sites is 2. The van der Waals surface area contributed by atoms with Crippen LogP contribution < -0.4 is 4.90 Å². The van der Waals surface area contributed by atoms with Crippen molar-refractivity contribution in [2.75, 3.05) is 4.90 Å². The van der Waals surface area contributed by atoms with Crippen LogP contribution in [0.15, 0.2) is 121 Å². The van der Waals surface area contributed by atoms with Gasteiger partial charge in [-0.2, -0.15) is 0 Å². The molecule has 0 N–H and O–H groups in total. The Morgan fingerprint density at radius 3 is 1.57 bits per heavy atom. The van der Waals surface area contributed by atoms with Crippen molar-refractivity contribution in [2.45, 2.75) is 6.92 Å². The SMILES string of the molecule is Cc1ccc(C(=O)/C(=C/N(c2ccccc2)c2ccccc2)c2ccccc2)cc1. The molecule has 4 aromatic rings. The van der Waals surface area contributed by atoms with Gasteiger partial charge in [0, 0.05) is 28.7 Å². The fourth-order valence-electron chi connectivity index (χ4n) is 3.35. The molecule has 146 valence electrons. The van der Waals surface area contributed by atoms with Crippen molar-refractivity contribution in [3.8, 4) is 0 Å². The van der Waals surface area contributed by atoms with Gasteiger partial charge < -0.3 is 4.90 Å². The smallest absolute Gasteiger partial charge is 0.195 e. The molecule has 0 heterocycles. The molecule has 0 aliphatic heterocycles. The zero-order chi connectivity index (χ0) is 20.8. The van der Waals surface area contributed by atoms with E-state index in [9.17, 15) is 4.79 Å². The lowest BCUT2D eigenvalue weighted by atomic mass is 9.96. The Balaban J connectivity index is 1.87. The summed E-state index contributed by atoms with van der Waals surface area (Å²) >= 11 is 0. The molecule has 0 saturated heterocycles. The standard InChI is InChI=1S/C28H23NO/c1-22-17-19-24(20-18-22)28(30)27(23-11-5-2-6-12-23)21-29(25-13-7-3-8-14-25)26-15-9-4-10-16-26/h2-21H,1H3/b27-21+. The van der Waals surface area contributed by atoms with E-state index in [1.54, 1.807) is 0 Å². The molecule has 0 fully saturated rings. The van der Waals surface area contributed by atoms with Crippen LogP contribution in [0.5, 0.6) is 0 Å². The fourth-order valence-corrected chi connectivity index (χ4v) is 3.35. The number of hydrogen-bond acceptors (Lipinski definition) is 2. The van der Waals surface area contributed by atoms with E-state index in [0.717, 1.165) is 22.5 Å². The Labute approximate surface area is 177 Å². The van der Waals surface area contributed by atoms with Gasteiger partial charge in [0.2, 0.25) is 0 Å². The van der Waals surface area contributed by atoms with Crippen molar-refractivity contribution < 1.29 is 4.79 Å². The molecule has 2 nitrogen and oxygen atoms in total. The Morgan fingerprint density at radius 2 is 1.07 bits per heavy atom. The number of aryl methyl sites for hydroxylation is 1. The predicted molar refractivity (Wildman–Crippen MR) is 125 cm³/mol. The Kier molecular flexibility index (Phi) is 5.86. The summed E-state index contributed by atoms with van der Waals surface area (Å²) in [6.07, 6.45) is 1.95. The third kappa shape index (κ3) is 4.39. The van der Waals surface area contributed by atoms with E-state index < -0.39 is 0 Å². The van der Waals surface area contributed by atoms with E-state index in [1.807, 2.05) is 128 Å². The summed E-state index contributed by atoms with van der Waals surface area (Å²) in [7, 11) is 0. The summed E-state index contributed by atoms with van der Waals surface area (Å²) in [6, 6.07) is 37.7. The first-order chi connectivity index (χ1) is 14.7. The highest BCUT2D eigenvalue weighted by Gasteiger charge is 2.17. The molecular weight excluding hydrogens is 366 g/mol. The van der Waals surface area contributed by atoms with Crippen molar-refractivity contribution in [3.05, 3.63) is 138 Å². The van der Waals surface area contributed by atoms with Crippen LogP contribution in [-0.4, -0.2) is 5.78 Å². The highest BCUT2D eigenvalue weighted by atomic mass is 16.1. The zero-order valence-corrected chi connectivity index (χ0v) is 16.9. The molecule has 0 bridgehead atoms. The maximum absolute atomic E-state index is 13.6. The van der Waals surface area contributed by atoms with E-state index in [2.05, 4.69) is 4.90 Å². The summed E-state index contributed by atoms with van der Waals surface area (Å²) < 4.78 is 0. The lowest BCUT2D eigenvalue weighted by Gasteiger charge is -2.23. The van der Waals surface area contributed by atoms with Gasteiger partial charge >= 0.3 is 0 Å². The largest absolute Gasteiger partial charge is 0.316 e. The summed E-state index contributed by atoms with van der Waals surface area (Å²) in [5, 5.41) is 0. The van der Waals surface area contributed by atoms with Gasteiger partial charge in [0.05, 0.1) is 0 Å². The minimum Gasteiger partial charge on any atom is -0.316 e. The first kappa shape index (κ1) is 19.4. The van der Waals surface area contributed by atoms with Crippen LogP contribution in [0, 0.1) is 6.92 Å². The first-order valence-electron chi connectivity index (χ1n) is 10.0. The van der Waals surface area contributed by atoms with Gasteiger partial charge in [-0.05, 0) is 36.8 Å². The second kappa shape index (κ2) is 9.06. The third-order valence-corrected chi connectivity index (χ3v) is 4.97. The van der Waals surface area contributed by atoms with Gasteiger partial charge in [0.15, 0.2) is 5.78 Å². The molecule has 0 aliphatic rings. The summed E-state index contributed by atoms with van der Waals surface area (Å²) in [6.45, 7) is 2.02. The predicted octanol–water partition coefficient (Wildman–Crippen LogP) is 7.06. The van der Waals surface area contributed by atoms with E-state index in [4.69, 9.17) is 0 Å². The topological polar surface area (TPSA) is 20.3 Å². The molecule has 30 heavy (non-hydrogen) atoms. The van der Waals surface area contributed by atoms with Crippen molar-refractivity contribution in [2.24, 2.45) is 0 Å². The molecule has 4 aromatic carbocycles. The van der Waals surface area contributed by atoms with Crippen molar-refractivity contribution in [1.29, 1.82) is 0 Å². The number of ketones is 1. The van der Waals surface area contributed by atoms with Crippen LogP contribution in [0.3, 0.4) is 0 Å². The summed E-state index contributed by atoms with van der Waals surface area (Å²) in [5.41, 5.74) is 5.33. The number of allylic oxidation sites excluding steroid dienone is 1. The number of Topliss-reactive ketones (excluding diaryl/α,β-unsaturated/α-hetero) is 1. The van der Waals surface area contributed by atoms with Gasteiger partial charge in [-0.25, -0.2) is 0 Å². The number of carbonyl (C=O) groups excluding carboxylic acids is 1. The quantitative estimate of drug-likeness (QED) is 0.260. The van der Waals surface area contributed by atoms with Gasteiger partial charge in [-0.15, -0.1) is 0 Å². The average Bonchev–Trinajstić information content (AvgIpc) is 2.81. The second-order valence-electron chi connectivity index (χ2n) is 7.15. The van der Waals surface area contributed by atoms with Gasteiger partial charge in [0.25, 0.3) is 0 Å². The fraction of sp³-hybridized carbons (Fsp3) is 0.0357. The first-order valence-corrected chi connectivity index (χ1v) is 10.0. The highest BCUT2D eigenvalue weighted by molar-refractivity contribution is 6.29. The van der Waals surface area contributed by atoms with E-state index in [1.165, 1.54) is 0 Å². The van der Waals surface area contributed by atoms with Gasteiger partial charge in [0.1, 0.15) is 0 Å². The lowest BCUT2D eigenvalue weighted by molar-refractivity contribution is 0.105. The Hall–Kier alpha value is -3.91. The zero-order valence-electron chi connectivity index (χ0n) is 16.9. The minimum atomic E-state index is -0.00179. The van der Waals surface area contributed by atoms with Crippen molar-refractivity contribution in [1.82, 2.24) is 0 Å². The average molecular weight is 389 g/mol. The number of benzene rings is 4. The molecule has 0 amide bonds. The highest BCUT2D eigenvalue weighted by Crippen LogP contribution is 2.29. The van der Waals surface area contributed by atoms with Gasteiger partial charge in [-0.1, -0.05) is 96.6 Å². The van der Waals surface area contributed by atoms with Crippen molar-refractivity contribution in [3.63, 3.8) is 0 Å². The number of nitrogens with zero attached hydrogens (tertiary/aromatic N) is 1. The minimum absolute atomic E-state index is 0.00179. The molecule has 0 saturated carbocycles. The molecular formula is C28H23NO. The Morgan fingerprint density at radius 1 is 0.600 bits per heavy atom. The number of carbonyl (C=O) groups is 1. The molecule has 0 unspecified atom stereocenters. The van der Waals surface area contributed by atoms with Crippen LogP contribution in [0.25, 0.3) is 5.57 Å². The maximum Gasteiger partial charge on any atom is 0.195 e. The van der Waals surface area contributed by atoms with Crippen LogP contribution in [0.2, 0.25) is 0 Å². The maximum atomic E-state index is 13.6. The normalized spacial score (nSPS) is 11.2. The molecule has 0 aromatic heterocycles. The summed E-state index contributed by atoms with van der Waals surface area (Å²) in [5.74, 6) is -0.00179. The van der Waals surface area contributed by atoms with Gasteiger partial charge in [-0.3, -0.25) is 4.79 Å². The van der Waals surface area contributed by atoms with Crippen LogP contribution in [0.1, 0.15) is 21.5 Å². The van der Waals surface area contributed by atoms with E-state index in [0.29, 0.717) is 11.1 Å². The molecule has 0 atom stereocenters.